The summed E-state index contributed by atoms with van der Waals surface area (Å²) >= 11 is 0. The molecule has 0 aliphatic carbocycles. The van der Waals surface area contributed by atoms with Crippen molar-refractivity contribution in [1.82, 2.24) is 15.3 Å². The summed E-state index contributed by atoms with van der Waals surface area (Å²) in [5, 5.41) is 3.46. The molecule has 1 aromatic heterocycles. The third-order valence-corrected chi connectivity index (χ3v) is 3.51. The van der Waals surface area contributed by atoms with Crippen molar-refractivity contribution >= 4 is 0 Å². The Bertz CT molecular complexity index is 393. The van der Waals surface area contributed by atoms with Crippen LogP contribution in [0.4, 0.5) is 0 Å². The normalized spacial score (nSPS) is 12.9. The van der Waals surface area contributed by atoms with E-state index >= 15 is 0 Å². The first kappa shape index (κ1) is 17.1. The Kier molecular flexibility index (Phi) is 7.10. The molecule has 1 aromatic rings. The summed E-state index contributed by atoms with van der Waals surface area (Å²) in [5.74, 6) is 0.807. The molecule has 0 aliphatic rings. The van der Waals surface area contributed by atoms with Crippen LogP contribution in [0.1, 0.15) is 63.5 Å². The topological polar surface area (TPSA) is 47.0 Å². The molecule has 1 heterocycles. The monoisotopic (exact) mass is 279 g/mol. The Hall–Kier alpha value is -1.00. The summed E-state index contributed by atoms with van der Waals surface area (Å²) in [7, 11) is 1.70. The molecule has 4 heteroatoms. The molecular weight excluding hydrogens is 250 g/mol. The van der Waals surface area contributed by atoms with E-state index in [-0.39, 0.29) is 6.10 Å². The first-order valence-corrected chi connectivity index (χ1v) is 7.68. The van der Waals surface area contributed by atoms with Crippen molar-refractivity contribution in [2.45, 2.75) is 66.0 Å². The molecular formula is C16H29N3O. The zero-order chi connectivity index (χ0) is 15.1. The van der Waals surface area contributed by atoms with Crippen LogP contribution in [-0.4, -0.2) is 29.7 Å². The predicted molar refractivity (Wildman–Crippen MR) is 83.1 cm³/mol. The Balaban J connectivity index is 3.02. The molecule has 20 heavy (non-hydrogen) atoms. The van der Waals surface area contributed by atoms with Gasteiger partial charge in [-0.3, -0.25) is 0 Å². The molecule has 1 N–H and O–H groups in total. The van der Waals surface area contributed by atoms with Gasteiger partial charge < -0.3 is 10.1 Å². The number of nitrogens with zero attached hydrogens (tertiary/aromatic N) is 2. The van der Waals surface area contributed by atoms with Crippen LogP contribution in [0.5, 0.6) is 0 Å². The van der Waals surface area contributed by atoms with E-state index in [1.807, 2.05) is 6.92 Å². The third kappa shape index (κ3) is 4.53. The van der Waals surface area contributed by atoms with E-state index in [0.717, 1.165) is 31.6 Å². The molecule has 0 saturated carbocycles. The maximum Gasteiger partial charge on any atom is 0.157 e. The van der Waals surface area contributed by atoms with Crippen LogP contribution >= 0.6 is 0 Å². The maximum atomic E-state index is 5.35. The highest BCUT2D eigenvalue weighted by atomic mass is 16.5. The van der Waals surface area contributed by atoms with Crippen molar-refractivity contribution in [3.8, 4) is 0 Å². The molecule has 114 valence electrons. The second kappa shape index (κ2) is 8.32. The van der Waals surface area contributed by atoms with Crippen LogP contribution in [0.15, 0.2) is 0 Å². The SMILES string of the molecule is CCc1nc(C(C)OC)nc(CC)c1CCNC(C)C. The summed E-state index contributed by atoms with van der Waals surface area (Å²) in [6, 6.07) is 0.513. The van der Waals surface area contributed by atoms with E-state index in [1.54, 1.807) is 7.11 Å². The van der Waals surface area contributed by atoms with Gasteiger partial charge in [-0.05, 0) is 38.3 Å². The van der Waals surface area contributed by atoms with Gasteiger partial charge in [0.2, 0.25) is 0 Å². The summed E-state index contributed by atoms with van der Waals surface area (Å²) in [5.41, 5.74) is 3.65. The fraction of sp³-hybridized carbons (Fsp3) is 0.750. The van der Waals surface area contributed by atoms with Crippen molar-refractivity contribution in [1.29, 1.82) is 0 Å². The van der Waals surface area contributed by atoms with Crippen LogP contribution in [-0.2, 0) is 24.0 Å². The van der Waals surface area contributed by atoms with E-state index in [0.29, 0.717) is 6.04 Å². The second-order valence-electron chi connectivity index (χ2n) is 5.40. The van der Waals surface area contributed by atoms with Crippen molar-refractivity contribution in [2.24, 2.45) is 0 Å². The van der Waals surface area contributed by atoms with Crippen LogP contribution in [0.2, 0.25) is 0 Å². The fourth-order valence-electron chi connectivity index (χ4n) is 2.25. The fourth-order valence-corrected chi connectivity index (χ4v) is 2.25. The number of ether oxygens (including phenoxy) is 1. The van der Waals surface area contributed by atoms with Crippen molar-refractivity contribution in [2.75, 3.05) is 13.7 Å². The van der Waals surface area contributed by atoms with Crippen molar-refractivity contribution < 1.29 is 4.74 Å². The lowest BCUT2D eigenvalue weighted by atomic mass is 10.0. The zero-order valence-corrected chi connectivity index (χ0v) is 13.8. The van der Waals surface area contributed by atoms with Gasteiger partial charge in [0.15, 0.2) is 5.82 Å². The number of methoxy groups -OCH3 is 1. The molecule has 1 rings (SSSR count). The van der Waals surface area contributed by atoms with E-state index in [1.165, 1.54) is 17.0 Å². The molecule has 0 bridgehead atoms. The highest BCUT2D eigenvalue weighted by molar-refractivity contribution is 5.27. The van der Waals surface area contributed by atoms with Gasteiger partial charge in [-0.15, -0.1) is 0 Å². The number of aromatic nitrogens is 2. The minimum absolute atomic E-state index is 0.0477. The molecule has 0 amide bonds. The van der Waals surface area contributed by atoms with Crippen molar-refractivity contribution in [3.63, 3.8) is 0 Å². The van der Waals surface area contributed by atoms with E-state index < -0.39 is 0 Å². The number of rotatable bonds is 8. The quantitative estimate of drug-likeness (QED) is 0.795. The van der Waals surface area contributed by atoms with Gasteiger partial charge in [0.05, 0.1) is 0 Å². The van der Waals surface area contributed by atoms with Gasteiger partial charge in [0.1, 0.15) is 6.10 Å². The summed E-state index contributed by atoms with van der Waals surface area (Å²) in [6.45, 7) is 11.6. The van der Waals surface area contributed by atoms with E-state index in [9.17, 15) is 0 Å². The molecule has 0 fully saturated rings. The highest BCUT2D eigenvalue weighted by Crippen LogP contribution is 2.19. The van der Waals surface area contributed by atoms with Crippen LogP contribution in [0, 0.1) is 0 Å². The lowest BCUT2D eigenvalue weighted by Gasteiger charge is -2.17. The Morgan fingerprint density at radius 1 is 1.05 bits per heavy atom. The minimum Gasteiger partial charge on any atom is -0.374 e. The standard InChI is InChI=1S/C16H29N3O/c1-7-14-13(9-10-17-11(3)4)15(8-2)19-16(18-14)12(5)20-6/h11-12,17H,7-10H2,1-6H3. The largest absolute Gasteiger partial charge is 0.374 e. The molecule has 0 spiro atoms. The first-order chi connectivity index (χ1) is 9.53. The van der Waals surface area contributed by atoms with Gasteiger partial charge in [-0.1, -0.05) is 27.7 Å². The average Bonchev–Trinajstić information content (AvgIpc) is 2.45. The molecule has 1 unspecified atom stereocenters. The number of hydrogen-bond donors (Lipinski definition) is 1. The third-order valence-electron chi connectivity index (χ3n) is 3.51. The average molecular weight is 279 g/mol. The zero-order valence-electron chi connectivity index (χ0n) is 13.8. The van der Waals surface area contributed by atoms with Crippen LogP contribution in [0.3, 0.4) is 0 Å². The van der Waals surface area contributed by atoms with Crippen LogP contribution < -0.4 is 5.32 Å². The smallest absolute Gasteiger partial charge is 0.157 e. The van der Waals surface area contributed by atoms with Gasteiger partial charge in [-0.25, -0.2) is 9.97 Å². The lowest BCUT2D eigenvalue weighted by Crippen LogP contribution is -2.26. The molecule has 0 aromatic carbocycles. The Labute approximate surface area is 123 Å². The molecule has 0 aliphatic heterocycles. The first-order valence-electron chi connectivity index (χ1n) is 7.68. The number of aryl methyl sites for hydroxylation is 2. The Morgan fingerprint density at radius 3 is 2.00 bits per heavy atom. The van der Waals surface area contributed by atoms with Gasteiger partial charge in [0.25, 0.3) is 0 Å². The lowest BCUT2D eigenvalue weighted by molar-refractivity contribution is 0.111. The van der Waals surface area contributed by atoms with Gasteiger partial charge >= 0.3 is 0 Å². The van der Waals surface area contributed by atoms with Gasteiger partial charge in [-0.2, -0.15) is 0 Å². The second-order valence-corrected chi connectivity index (χ2v) is 5.40. The van der Waals surface area contributed by atoms with E-state index in [2.05, 4.69) is 33.0 Å². The van der Waals surface area contributed by atoms with Crippen LogP contribution in [0.25, 0.3) is 0 Å². The Morgan fingerprint density at radius 2 is 1.60 bits per heavy atom. The molecule has 1 atom stereocenters. The number of nitrogens with one attached hydrogen (secondary N) is 1. The van der Waals surface area contributed by atoms with Crippen molar-refractivity contribution in [3.05, 3.63) is 22.8 Å². The minimum atomic E-state index is -0.0477. The molecule has 0 saturated heterocycles. The summed E-state index contributed by atoms with van der Waals surface area (Å²) in [6.07, 6.45) is 2.83. The summed E-state index contributed by atoms with van der Waals surface area (Å²) in [4.78, 5) is 9.41. The van der Waals surface area contributed by atoms with E-state index in [4.69, 9.17) is 14.7 Å². The van der Waals surface area contributed by atoms with Gasteiger partial charge in [0, 0.05) is 24.5 Å². The summed E-state index contributed by atoms with van der Waals surface area (Å²) < 4.78 is 5.35. The molecule has 0 radical (unpaired) electrons. The number of hydrogen-bond acceptors (Lipinski definition) is 4. The molecule has 4 nitrogen and oxygen atoms in total. The predicted octanol–water partition coefficient (Wildman–Crippen LogP) is 2.85. The highest BCUT2D eigenvalue weighted by Gasteiger charge is 2.15. The maximum absolute atomic E-state index is 5.35.